The van der Waals surface area contributed by atoms with Crippen molar-refractivity contribution in [1.82, 2.24) is 9.21 Å². The summed E-state index contributed by atoms with van der Waals surface area (Å²) in [7, 11) is -3.94. The number of carbonyl (C=O) groups excluding carboxylic acids is 1. The topological polar surface area (TPSA) is 66.9 Å². The number of sulfonamides is 1. The Bertz CT molecular complexity index is 1050. The molecule has 3 rings (SSSR count). The number of hydrogen-bond donors (Lipinski definition) is 0. The van der Waals surface area contributed by atoms with Crippen molar-refractivity contribution in [3.8, 4) is 5.75 Å². The second-order valence-electron chi connectivity index (χ2n) is 7.36. The molecule has 168 valence electrons. The van der Waals surface area contributed by atoms with Gasteiger partial charge in [0.1, 0.15) is 5.75 Å². The van der Waals surface area contributed by atoms with Crippen molar-refractivity contribution in [2.45, 2.75) is 24.9 Å². The Labute approximate surface area is 179 Å². The first kappa shape index (κ1) is 23.1. The first-order valence-electron chi connectivity index (χ1n) is 9.64. The van der Waals surface area contributed by atoms with Crippen molar-refractivity contribution >= 4 is 15.9 Å². The predicted octanol–water partition coefficient (Wildman–Crippen LogP) is 3.23. The minimum Gasteiger partial charge on any atom is -0.483 e. The maximum absolute atomic E-state index is 12.7. The maximum Gasteiger partial charge on any atom is 0.416 e. The lowest BCUT2D eigenvalue weighted by Crippen LogP contribution is -2.51. The standard InChI is InChI=1S/C21H23F3N2O4S/c1-15-3-4-16(2)19(13-15)30-14-20(27)25-9-11-26(12-10-25)31(28,29)18-7-5-17(6-8-18)21(22,23)24/h3-8,13H,9-12,14H2,1-2H3. The second kappa shape index (κ2) is 8.88. The van der Waals surface area contributed by atoms with E-state index in [-0.39, 0.29) is 43.6 Å². The van der Waals surface area contributed by atoms with E-state index < -0.39 is 21.8 Å². The van der Waals surface area contributed by atoms with Gasteiger partial charge >= 0.3 is 6.18 Å². The number of halogens is 3. The Morgan fingerprint density at radius 3 is 2.19 bits per heavy atom. The van der Waals surface area contributed by atoms with Crippen LogP contribution in [-0.2, 0) is 21.0 Å². The minimum atomic E-state index is -4.53. The summed E-state index contributed by atoms with van der Waals surface area (Å²) in [5, 5.41) is 0. The van der Waals surface area contributed by atoms with Crippen molar-refractivity contribution < 1.29 is 31.1 Å². The van der Waals surface area contributed by atoms with Gasteiger partial charge in [0.15, 0.2) is 6.61 Å². The van der Waals surface area contributed by atoms with Gasteiger partial charge in [0, 0.05) is 26.2 Å². The number of ether oxygens (including phenoxy) is 1. The normalized spacial score (nSPS) is 15.7. The van der Waals surface area contributed by atoms with Gasteiger partial charge in [-0.3, -0.25) is 4.79 Å². The number of aryl methyl sites for hydroxylation is 2. The zero-order chi connectivity index (χ0) is 22.8. The van der Waals surface area contributed by atoms with Crippen LogP contribution >= 0.6 is 0 Å². The fourth-order valence-electron chi connectivity index (χ4n) is 3.24. The van der Waals surface area contributed by atoms with E-state index in [4.69, 9.17) is 4.74 Å². The van der Waals surface area contributed by atoms with Crippen molar-refractivity contribution in [2.24, 2.45) is 0 Å². The molecule has 1 fully saturated rings. The molecule has 0 aromatic heterocycles. The van der Waals surface area contributed by atoms with Crippen LogP contribution in [0, 0.1) is 13.8 Å². The third-order valence-electron chi connectivity index (χ3n) is 5.11. The summed E-state index contributed by atoms with van der Waals surface area (Å²) in [5.41, 5.74) is 1.01. The van der Waals surface area contributed by atoms with Gasteiger partial charge in [-0.05, 0) is 55.3 Å². The summed E-state index contributed by atoms with van der Waals surface area (Å²) in [6.07, 6.45) is -4.53. The van der Waals surface area contributed by atoms with Crippen molar-refractivity contribution in [2.75, 3.05) is 32.8 Å². The SMILES string of the molecule is Cc1ccc(C)c(OCC(=O)N2CCN(S(=O)(=O)c3ccc(C(F)(F)F)cc3)CC2)c1. The highest BCUT2D eigenvalue weighted by Crippen LogP contribution is 2.30. The molecule has 0 unspecified atom stereocenters. The molecule has 0 atom stereocenters. The second-order valence-corrected chi connectivity index (χ2v) is 9.30. The van der Waals surface area contributed by atoms with Gasteiger partial charge < -0.3 is 9.64 Å². The lowest BCUT2D eigenvalue weighted by Gasteiger charge is -2.34. The third kappa shape index (κ3) is 5.37. The summed E-state index contributed by atoms with van der Waals surface area (Å²) in [4.78, 5) is 13.8. The number of benzene rings is 2. The van der Waals surface area contributed by atoms with E-state index >= 15 is 0 Å². The molecule has 10 heteroatoms. The summed E-state index contributed by atoms with van der Waals surface area (Å²) < 4.78 is 70.3. The van der Waals surface area contributed by atoms with E-state index in [1.807, 2.05) is 32.0 Å². The highest BCUT2D eigenvalue weighted by atomic mass is 32.2. The molecule has 0 radical (unpaired) electrons. The Morgan fingerprint density at radius 1 is 1.00 bits per heavy atom. The van der Waals surface area contributed by atoms with E-state index in [1.54, 1.807) is 0 Å². The molecule has 1 aliphatic rings. The molecule has 2 aromatic rings. The monoisotopic (exact) mass is 456 g/mol. The lowest BCUT2D eigenvalue weighted by atomic mass is 10.1. The Hall–Kier alpha value is -2.59. The fraction of sp³-hybridized carbons (Fsp3) is 0.381. The predicted molar refractivity (Wildman–Crippen MR) is 108 cm³/mol. The zero-order valence-corrected chi connectivity index (χ0v) is 18.0. The molecule has 1 heterocycles. The summed E-state index contributed by atoms with van der Waals surface area (Å²) in [6, 6.07) is 9.09. The molecule has 1 aliphatic heterocycles. The van der Waals surface area contributed by atoms with Gasteiger partial charge in [-0.25, -0.2) is 8.42 Å². The van der Waals surface area contributed by atoms with Crippen LogP contribution in [-0.4, -0.2) is 56.3 Å². The van der Waals surface area contributed by atoms with Crippen LogP contribution in [0.5, 0.6) is 5.75 Å². The summed E-state index contributed by atoms with van der Waals surface area (Å²) in [6.45, 7) is 4.10. The van der Waals surface area contributed by atoms with Gasteiger partial charge in [0.25, 0.3) is 5.91 Å². The molecule has 2 aromatic carbocycles. The third-order valence-corrected chi connectivity index (χ3v) is 7.02. The number of nitrogens with zero attached hydrogens (tertiary/aromatic N) is 2. The number of piperazine rings is 1. The number of carbonyl (C=O) groups is 1. The molecule has 0 N–H and O–H groups in total. The lowest BCUT2D eigenvalue weighted by molar-refractivity contribution is -0.137. The minimum absolute atomic E-state index is 0.0541. The van der Waals surface area contributed by atoms with Crippen LogP contribution in [0.15, 0.2) is 47.4 Å². The number of amides is 1. The molecule has 1 saturated heterocycles. The average Bonchev–Trinajstić information content (AvgIpc) is 2.73. The maximum atomic E-state index is 12.7. The quantitative estimate of drug-likeness (QED) is 0.693. The molecular formula is C21H23F3N2O4S. The van der Waals surface area contributed by atoms with Crippen LogP contribution in [0.1, 0.15) is 16.7 Å². The molecule has 0 aliphatic carbocycles. The number of rotatable bonds is 5. The smallest absolute Gasteiger partial charge is 0.416 e. The molecule has 0 bridgehead atoms. The summed E-state index contributed by atoms with van der Waals surface area (Å²) in [5.74, 6) is 0.365. The van der Waals surface area contributed by atoms with E-state index in [9.17, 15) is 26.4 Å². The Morgan fingerprint density at radius 2 is 1.61 bits per heavy atom. The van der Waals surface area contributed by atoms with Gasteiger partial charge in [-0.1, -0.05) is 12.1 Å². The largest absolute Gasteiger partial charge is 0.483 e. The Kier molecular flexibility index (Phi) is 6.61. The Balaban J connectivity index is 1.58. The summed E-state index contributed by atoms with van der Waals surface area (Å²) >= 11 is 0. The highest BCUT2D eigenvalue weighted by Gasteiger charge is 2.33. The van der Waals surface area contributed by atoms with Gasteiger partial charge in [-0.15, -0.1) is 0 Å². The van der Waals surface area contributed by atoms with Crippen LogP contribution in [0.2, 0.25) is 0 Å². The van der Waals surface area contributed by atoms with E-state index in [0.29, 0.717) is 5.75 Å². The van der Waals surface area contributed by atoms with Crippen LogP contribution in [0.25, 0.3) is 0 Å². The van der Waals surface area contributed by atoms with E-state index in [2.05, 4.69) is 0 Å². The van der Waals surface area contributed by atoms with Crippen molar-refractivity contribution in [3.63, 3.8) is 0 Å². The molecule has 0 spiro atoms. The first-order chi connectivity index (χ1) is 14.5. The molecule has 31 heavy (non-hydrogen) atoms. The van der Waals surface area contributed by atoms with Crippen molar-refractivity contribution in [1.29, 1.82) is 0 Å². The van der Waals surface area contributed by atoms with Crippen LogP contribution in [0.4, 0.5) is 13.2 Å². The van der Waals surface area contributed by atoms with Crippen LogP contribution < -0.4 is 4.74 Å². The molecule has 6 nitrogen and oxygen atoms in total. The van der Waals surface area contributed by atoms with Crippen molar-refractivity contribution in [3.05, 3.63) is 59.2 Å². The first-order valence-corrected chi connectivity index (χ1v) is 11.1. The van der Waals surface area contributed by atoms with Gasteiger partial charge in [-0.2, -0.15) is 17.5 Å². The molecule has 1 amide bonds. The number of alkyl halides is 3. The fourth-order valence-corrected chi connectivity index (χ4v) is 4.66. The van der Waals surface area contributed by atoms with Gasteiger partial charge in [0.2, 0.25) is 10.0 Å². The van der Waals surface area contributed by atoms with Crippen LogP contribution in [0.3, 0.4) is 0 Å². The van der Waals surface area contributed by atoms with E-state index in [0.717, 1.165) is 35.4 Å². The highest BCUT2D eigenvalue weighted by molar-refractivity contribution is 7.89. The average molecular weight is 456 g/mol. The number of hydrogen-bond acceptors (Lipinski definition) is 4. The molecule has 0 saturated carbocycles. The molecular weight excluding hydrogens is 433 g/mol. The van der Waals surface area contributed by atoms with E-state index in [1.165, 1.54) is 9.21 Å². The zero-order valence-electron chi connectivity index (χ0n) is 17.1. The van der Waals surface area contributed by atoms with Gasteiger partial charge in [0.05, 0.1) is 10.5 Å².